The van der Waals surface area contributed by atoms with E-state index in [1.807, 2.05) is 23.1 Å². The number of carbonyl (C=O) groups excluding carboxylic acids is 1. The fourth-order valence-corrected chi connectivity index (χ4v) is 3.38. The monoisotopic (exact) mass is 360 g/mol. The first-order valence-corrected chi connectivity index (χ1v) is 8.49. The molecular weight excluding hydrogens is 336 g/mol. The molecule has 0 saturated carbocycles. The van der Waals surface area contributed by atoms with Crippen LogP contribution in [0.4, 0.5) is 0 Å². The number of halogens is 1. The van der Waals surface area contributed by atoms with E-state index in [-0.39, 0.29) is 24.4 Å². The van der Waals surface area contributed by atoms with Gasteiger partial charge < -0.3 is 19.7 Å². The Morgan fingerprint density at radius 2 is 2.09 bits per heavy atom. The van der Waals surface area contributed by atoms with Crippen LogP contribution in [0.2, 0.25) is 0 Å². The molecule has 0 spiro atoms. The lowest BCUT2D eigenvalue weighted by Gasteiger charge is -2.34. The third kappa shape index (κ3) is 5.48. The van der Waals surface area contributed by atoms with Gasteiger partial charge in [-0.15, -0.1) is 24.2 Å². The van der Waals surface area contributed by atoms with Crippen molar-refractivity contribution in [3.05, 3.63) is 18.2 Å². The molecule has 5 nitrogen and oxygen atoms in total. The standard InChI is InChI=1S/C16H24N2O3S.ClH/c1-12-11-17-7-8-18(12)16(19)6-9-22-13-4-5-14(20-2)15(10-13)21-3;/h4-5,10,12,17H,6-9,11H2,1-3H3;1H/t12-;/m1./s1. The molecule has 0 aliphatic carbocycles. The van der Waals surface area contributed by atoms with Gasteiger partial charge in [0.1, 0.15) is 0 Å². The Labute approximate surface area is 148 Å². The maximum atomic E-state index is 12.3. The van der Waals surface area contributed by atoms with Crippen LogP contribution in [0, 0.1) is 0 Å². The second-order valence-corrected chi connectivity index (χ2v) is 6.42. The van der Waals surface area contributed by atoms with Crippen LogP contribution in [-0.2, 0) is 4.79 Å². The zero-order valence-corrected chi connectivity index (χ0v) is 15.5. The molecule has 1 aromatic rings. The van der Waals surface area contributed by atoms with E-state index in [1.165, 1.54) is 0 Å². The molecule has 1 atom stereocenters. The maximum absolute atomic E-state index is 12.3. The Kier molecular flexibility index (Phi) is 8.58. The van der Waals surface area contributed by atoms with Gasteiger partial charge in [-0.1, -0.05) is 0 Å². The summed E-state index contributed by atoms with van der Waals surface area (Å²) in [5.41, 5.74) is 0. The number of nitrogens with one attached hydrogen (secondary N) is 1. The van der Waals surface area contributed by atoms with E-state index in [0.717, 1.165) is 41.8 Å². The van der Waals surface area contributed by atoms with Crippen LogP contribution in [0.15, 0.2) is 23.1 Å². The number of rotatable bonds is 6. The third-order valence-electron chi connectivity index (χ3n) is 3.76. The van der Waals surface area contributed by atoms with Crippen LogP contribution in [0.25, 0.3) is 0 Å². The van der Waals surface area contributed by atoms with Gasteiger partial charge in [-0.05, 0) is 25.1 Å². The predicted octanol–water partition coefficient (Wildman–Crippen LogP) is 2.43. The van der Waals surface area contributed by atoms with E-state index < -0.39 is 0 Å². The molecule has 0 radical (unpaired) electrons. The van der Waals surface area contributed by atoms with Crippen LogP contribution in [0.3, 0.4) is 0 Å². The van der Waals surface area contributed by atoms with E-state index >= 15 is 0 Å². The predicted molar refractivity (Wildman–Crippen MR) is 96.2 cm³/mol. The summed E-state index contributed by atoms with van der Waals surface area (Å²) < 4.78 is 10.5. The average molecular weight is 361 g/mol. The summed E-state index contributed by atoms with van der Waals surface area (Å²) >= 11 is 1.66. The van der Waals surface area contributed by atoms with Gasteiger partial charge in [0.2, 0.25) is 5.91 Å². The van der Waals surface area contributed by atoms with Crippen LogP contribution >= 0.6 is 24.2 Å². The maximum Gasteiger partial charge on any atom is 0.223 e. The topological polar surface area (TPSA) is 50.8 Å². The number of piperazine rings is 1. The van der Waals surface area contributed by atoms with Crippen molar-refractivity contribution in [1.29, 1.82) is 0 Å². The molecule has 1 amide bonds. The molecule has 1 aromatic carbocycles. The molecule has 23 heavy (non-hydrogen) atoms. The molecule has 1 saturated heterocycles. The number of nitrogens with zero attached hydrogens (tertiary/aromatic N) is 1. The Morgan fingerprint density at radius 3 is 2.74 bits per heavy atom. The molecule has 1 aliphatic heterocycles. The van der Waals surface area contributed by atoms with Gasteiger partial charge >= 0.3 is 0 Å². The quantitative estimate of drug-likeness (QED) is 0.789. The molecule has 0 unspecified atom stereocenters. The van der Waals surface area contributed by atoms with Crippen molar-refractivity contribution in [2.24, 2.45) is 0 Å². The van der Waals surface area contributed by atoms with Crippen LogP contribution in [-0.4, -0.2) is 56.5 Å². The first-order chi connectivity index (χ1) is 10.7. The summed E-state index contributed by atoms with van der Waals surface area (Å²) in [6.45, 7) is 4.67. The second-order valence-electron chi connectivity index (χ2n) is 5.26. The Balaban J connectivity index is 0.00000264. The number of methoxy groups -OCH3 is 2. The molecule has 1 N–H and O–H groups in total. The molecular formula is C16H25ClN2O3S. The highest BCUT2D eigenvalue weighted by molar-refractivity contribution is 7.99. The van der Waals surface area contributed by atoms with Gasteiger partial charge in [-0.3, -0.25) is 4.79 Å². The summed E-state index contributed by atoms with van der Waals surface area (Å²) in [4.78, 5) is 15.3. The molecule has 130 valence electrons. The summed E-state index contributed by atoms with van der Waals surface area (Å²) in [5.74, 6) is 2.44. The van der Waals surface area contributed by atoms with Crippen molar-refractivity contribution < 1.29 is 14.3 Å². The van der Waals surface area contributed by atoms with Crippen LogP contribution < -0.4 is 14.8 Å². The largest absolute Gasteiger partial charge is 0.493 e. The minimum absolute atomic E-state index is 0. The minimum atomic E-state index is 0. The Bertz CT molecular complexity index is 516. The minimum Gasteiger partial charge on any atom is -0.493 e. The summed E-state index contributed by atoms with van der Waals surface area (Å²) in [7, 11) is 3.25. The highest BCUT2D eigenvalue weighted by atomic mass is 35.5. The van der Waals surface area contributed by atoms with Gasteiger partial charge in [-0.2, -0.15) is 0 Å². The molecule has 7 heteroatoms. The lowest BCUT2D eigenvalue weighted by Crippen LogP contribution is -2.52. The van der Waals surface area contributed by atoms with E-state index in [1.54, 1.807) is 26.0 Å². The van der Waals surface area contributed by atoms with Gasteiger partial charge in [0.05, 0.1) is 14.2 Å². The van der Waals surface area contributed by atoms with Gasteiger partial charge in [-0.25, -0.2) is 0 Å². The molecule has 1 aliphatic rings. The van der Waals surface area contributed by atoms with Gasteiger partial charge in [0.15, 0.2) is 11.5 Å². The number of ether oxygens (including phenoxy) is 2. The normalized spacial score (nSPS) is 17.3. The van der Waals surface area contributed by atoms with Crippen molar-refractivity contribution >= 4 is 30.1 Å². The highest BCUT2D eigenvalue weighted by Crippen LogP contribution is 2.32. The highest BCUT2D eigenvalue weighted by Gasteiger charge is 2.22. The SMILES string of the molecule is COc1ccc(SCCC(=O)N2CCNC[C@H]2C)cc1OC.Cl. The van der Waals surface area contributed by atoms with E-state index in [4.69, 9.17) is 9.47 Å². The van der Waals surface area contributed by atoms with Gasteiger partial charge in [0, 0.05) is 42.7 Å². The van der Waals surface area contributed by atoms with Crippen LogP contribution in [0.5, 0.6) is 11.5 Å². The van der Waals surface area contributed by atoms with Crippen LogP contribution in [0.1, 0.15) is 13.3 Å². The average Bonchev–Trinajstić information content (AvgIpc) is 2.55. The Hall–Kier alpha value is -1.11. The number of hydrogen-bond acceptors (Lipinski definition) is 5. The fourth-order valence-electron chi connectivity index (χ4n) is 2.52. The first kappa shape index (κ1) is 19.9. The zero-order valence-electron chi connectivity index (χ0n) is 13.8. The number of carbonyl (C=O) groups is 1. The number of benzene rings is 1. The number of thioether (sulfide) groups is 1. The van der Waals surface area contributed by atoms with Crippen molar-refractivity contribution in [2.45, 2.75) is 24.3 Å². The van der Waals surface area contributed by atoms with Crippen molar-refractivity contribution in [1.82, 2.24) is 10.2 Å². The molecule has 1 heterocycles. The number of amides is 1. The third-order valence-corrected chi connectivity index (χ3v) is 4.76. The summed E-state index contributed by atoms with van der Waals surface area (Å²) in [6.07, 6.45) is 0.559. The van der Waals surface area contributed by atoms with Crippen molar-refractivity contribution in [3.63, 3.8) is 0 Å². The second kappa shape index (κ2) is 9.90. The molecule has 1 fully saturated rings. The zero-order chi connectivity index (χ0) is 15.9. The smallest absolute Gasteiger partial charge is 0.223 e. The first-order valence-electron chi connectivity index (χ1n) is 7.50. The van der Waals surface area contributed by atoms with E-state index in [9.17, 15) is 4.79 Å². The Morgan fingerprint density at radius 1 is 1.35 bits per heavy atom. The number of hydrogen-bond donors (Lipinski definition) is 1. The molecule has 0 aromatic heterocycles. The van der Waals surface area contributed by atoms with Crippen molar-refractivity contribution in [3.8, 4) is 11.5 Å². The summed E-state index contributed by atoms with van der Waals surface area (Å²) in [5, 5.41) is 3.30. The van der Waals surface area contributed by atoms with Gasteiger partial charge in [0.25, 0.3) is 0 Å². The fraction of sp³-hybridized carbons (Fsp3) is 0.562. The summed E-state index contributed by atoms with van der Waals surface area (Å²) in [6, 6.07) is 6.11. The molecule has 0 bridgehead atoms. The van der Waals surface area contributed by atoms with Crippen molar-refractivity contribution in [2.75, 3.05) is 39.6 Å². The molecule has 2 rings (SSSR count). The van der Waals surface area contributed by atoms with E-state index in [0.29, 0.717) is 6.42 Å². The lowest BCUT2D eigenvalue weighted by molar-refractivity contribution is -0.133. The lowest BCUT2D eigenvalue weighted by atomic mass is 10.2. The van der Waals surface area contributed by atoms with E-state index in [2.05, 4.69) is 12.2 Å².